The lowest BCUT2D eigenvalue weighted by molar-refractivity contribution is -0.127. The van der Waals surface area contributed by atoms with E-state index in [-0.39, 0.29) is 24.6 Å². The van der Waals surface area contributed by atoms with Crippen molar-refractivity contribution >= 4 is 18.0 Å². The van der Waals surface area contributed by atoms with Crippen LogP contribution < -0.4 is 15.4 Å². The average Bonchev–Trinajstić information content (AvgIpc) is 2.77. The number of benzene rings is 1. The number of likely N-dealkylation sites (N-methyl/N-ethyl adjacent to an activating group) is 1. The minimum Gasteiger partial charge on any atom is -0.496 e. The van der Waals surface area contributed by atoms with Crippen molar-refractivity contribution in [2.24, 2.45) is 4.99 Å². The van der Waals surface area contributed by atoms with E-state index in [9.17, 15) is 9.59 Å². The number of aliphatic imine (C=N–C) groups is 1. The fraction of sp³-hybridized carbons (Fsp3) is 0.609. The molecule has 1 aliphatic heterocycles. The van der Waals surface area contributed by atoms with Crippen LogP contribution >= 0.6 is 0 Å². The monoisotopic (exact) mass is 447 g/mol. The number of carbonyl (C=O) groups is 2. The number of likely N-dealkylation sites (tertiary alicyclic amines) is 1. The Morgan fingerprint density at radius 1 is 1.25 bits per heavy atom. The molecule has 0 saturated carbocycles. The highest BCUT2D eigenvalue weighted by Gasteiger charge is 2.24. The number of nitrogens with one attached hydrogen (secondary N) is 2. The van der Waals surface area contributed by atoms with Crippen LogP contribution in [-0.4, -0.2) is 87.8 Å². The van der Waals surface area contributed by atoms with Gasteiger partial charge in [-0.05, 0) is 44.7 Å². The Morgan fingerprint density at radius 2 is 1.97 bits per heavy atom. The van der Waals surface area contributed by atoms with Gasteiger partial charge in [-0.2, -0.15) is 0 Å². The first kappa shape index (κ1) is 25.3. The van der Waals surface area contributed by atoms with Crippen LogP contribution in [0, 0.1) is 6.92 Å². The van der Waals surface area contributed by atoms with Crippen molar-refractivity contribution in [1.82, 2.24) is 20.4 Å². The van der Waals surface area contributed by atoms with Crippen LogP contribution in [0.5, 0.6) is 5.75 Å². The maximum atomic E-state index is 12.0. The molecule has 1 saturated heterocycles. The molecule has 0 aromatic heterocycles. The van der Waals surface area contributed by atoms with Gasteiger partial charge in [0.15, 0.2) is 5.96 Å². The van der Waals surface area contributed by atoms with Gasteiger partial charge in [-0.15, -0.1) is 0 Å². The number of methoxy groups -OCH3 is 1. The molecule has 2 rings (SSSR count). The third-order valence-corrected chi connectivity index (χ3v) is 5.36. The van der Waals surface area contributed by atoms with Crippen molar-refractivity contribution in [2.45, 2.75) is 39.2 Å². The number of rotatable bonds is 8. The largest absolute Gasteiger partial charge is 0.496 e. The Hall–Kier alpha value is -2.97. The molecule has 1 fully saturated rings. The summed E-state index contributed by atoms with van der Waals surface area (Å²) in [4.78, 5) is 31.7. The van der Waals surface area contributed by atoms with Crippen molar-refractivity contribution in [2.75, 3.05) is 54.0 Å². The quantitative estimate of drug-likeness (QED) is 0.466. The molecular formula is C23H37N5O4. The summed E-state index contributed by atoms with van der Waals surface area (Å²) in [6.07, 6.45) is 2.07. The summed E-state index contributed by atoms with van der Waals surface area (Å²) in [5.41, 5.74) is 2.30. The van der Waals surface area contributed by atoms with Gasteiger partial charge in [-0.1, -0.05) is 17.7 Å². The molecule has 0 unspecified atom stereocenters. The Kier molecular flexibility index (Phi) is 10.1. The van der Waals surface area contributed by atoms with Gasteiger partial charge >= 0.3 is 6.09 Å². The van der Waals surface area contributed by atoms with E-state index in [2.05, 4.69) is 28.6 Å². The van der Waals surface area contributed by atoms with E-state index in [1.165, 1.54) is 10.5 Å². The van der Waals surface area contributed by atoms with Crippen LogP contribution in [0.3, 0.4) is 0 Å². The number of amides is 2. The van der Waals surface area contributed by atoms with E-state index < -0.39 is 0 Å². The first-order valence-corrected chi connectivity index (χ1v) is 11.1. The lowest BCUT2D eigenvalue weighted by Gasteiger charge is -2.32. The SMILES string of the molecule is CCOC(=O)N1CCC(NC(=NCC(=O)N(C)C)NCCc2cc(C)ccc2OC)CC1. The highest BCUT2D eigenvalue weighted by atomic mass is 16.6. The summed E-state index contributed by atoms with van der Waals surface area (Å²) in [5, 5.41) is 6.77. The lowest BCUT2D eigenvalue weighted by atomic mass is 10.1. The number of nitrogens with zero attached hydrogens (tertiary/aromatic N) is 3. The fourth-order valence-electron chi connectivity index (χ4n) is 3.47. The first-order valence-electron chi connectivity index (χ1n) is 11.1. The summed E-state index contributed by atoms with van der Waals surface area (Å²) >= 11 is 0. The zero-order chi connectivity index (χ0) is 23.5. The molecular weight excluding hydrogens is 410 g/mol. The molecule has 0 spiro atoms. The number of carbonyl (C=O) groups excluding carboxylic acids is 2. The van der Waals surface area contributed by atoms with Gasteiger partial charge < -0.3 is 29.9 Å². The Bertz CT molecular complexity index is 789. The standard InChI is InChI=1S/C23H37N5O4/c1-6-32-23(30)28-13-10-19(11-14-28)26-22(25-16-21(29)27(3)4)24-12-9-18-15-17(2)7-8-20(18)31-5/h7-8,15,19H,6,9-14,16H2,1-5H3,(H2,24,25,26). The second kappa shape index (κ2) is 12.8. The Labute approximate surface area is 191 Å². The van der Waals surface area contributed by atoms with Crippen LogP contribution in [0.1, 0.15) is 30.9 Å². The normalized spacial score (nSPS) is 14.7. The number of piperidine rings is 1. The fourth-order valence-corrected chi connectivity index (χ4v) is 3.47. The first-order chi connectivity index (χ1) is 15.3. The molecule has 2 amide bonds. The molecule has 0 bridgehead atoms. The van der Waals surface area contributed by atoms with Gasteiger partial charge in [0, 0.05) is 39.8 Å². The van der Waals surface area contributed by atoms with Crippen molar-refractivity contribution in [3.05, 3.63) is 29.3 Å². The lowest BCUT2D eigenvalue weighted by Crippen LogP contribution is -2.50. The topological polar surface area (TPSA) is 95.5 Å². The minimum atomic E-state index is -0.262. The Morgan fingerprint density at radius 3 is 2.59 bits per heavy atom. The summed E-state index contributed by atoms with van der Waals surface area (Å²) in [6, 6.07) is 6.28. The van der Waals surface area contributed by atoms with Crippen molar-refractivity contribution in [3.63, 3.8) is 0 Å². The maximum Gasteiger partial charge on any atom is 0.409 e. The molecule has 32 heavy (non-hydrogen) atoms. The molecule has 1 heterocycles. The van der Waals surface area contributed by atoms with E-state index in [4.69, 9.17) is 9.47 Å². The number of ether oxygens (including phenoxy) is 2. The molecule has 0 atom stereocenters. The van der Waals surface area contributed by atoms with Gasteiger partial charge in [-0.3, -0.25) is 4.79 Å². The molecule has 9 heteroatoms. The molecule has 2 N–H and O–H groups in total. The third kappa shape index (κ3) is 7.94. The predicted molar refractivity (Wildman–Crippen MR) is 125 cm³/mol. The summed E-state index contributed by atoms with van der Waals surface area (Å²) in [6.45, 7) is 6.20. The van der Waals surface area contributed by atoms with Crippen LogP contribution in [0.4, 0.5) is 4.79 Å². The van der Waals surface area contributed by atoms with Crippen molar-refractivity contribution < 1.29 is 19.1 Å². The number of hydrogen-bond donors (Lipinski definition) is 2. The molecule has 1 aromatic carbocycles. The predicted octanol–water partition coefficient (Wildman–Crippen LogP) is 1.79. The van der Waals surface area contributed by atoms with E-state index in [0.29, 0.717) is 32.2 Å². The zero-order valence-electron chi connectivity index (χ0n) is 19.9. The molecule has 0 radical (unpaired) electrons. The second-order valence-electron chi connectivity index (χ2n) is 8.05. The summed E-state index contributed by atoms with van der Waals surface area (Å²) in [7, 11) is 5.10. The van der Waals surface area contributed by atoms with E-state index >= 15 is 0 Å². The van der Waals surface area contributed by atoms with Crippen LogP contribution in [0.2, 0.25) is 0 Å². The smallest absolute Gasteiger partial charge is 0.409 e. The van der Waals surface area contributed by atoms with Gasteiger partial charge in [0.25, 0.3) is 0 Å². The highest BCUT2D eigenvalue weighted by molar-refractivity contribution is 5.85. The number of aryl methyl sites for hydroxylation is 1. The molecule has 178 valence electrons. The highest BCUT2D eigenvalue weighted by Crippen LogP contribution is 2.19. The molecule has 9 nitrogen and oxygen atoms in total. The van der Waals surface area contributed by atoms with Crippen LogP contribution in [0.25, 0.3) is 0 Å². The van der Waals surface area contributed by atoms with Gasteiger partial charge in [0.2, 0.25) is 5.91 Å². The van der Waals surface area contributed by atoms with E-state index in [0.717, 1.165) is 30.6 Å². The zero-order valence-corrected chi connectivity index (χ0v) is 19.9. The summed E-state index contributed by atoms with van der Waals surface area (Å²) < 4.78 is 10.6. The number of guanidine groups is 1. The van der Waals surface area contributed by atoms with Gasteiger partial charge in [0.05, 0.1) is 13.7 Å². The minimum absolute atomic E-state index is 0.0661. The second-order valence-corrected chi connectivity index (χ2v) is 8.05. The van der Waals surface area contributed by atoms with Gasteiger partial charge in [0.1, 0.15) is 12.3 Å². The van der Waals surface area contributed by atoms with Crippen LogP contribution in [-0.2, 0) is 16.0 Å². The van der Waals surface area contributed by atoms with Gasteiger partial charge in [-0.25, -0.2) is 9.79 Å². The third-order valence-electron chi connectivity index (χ3n) is 5.36. The maximum absolute atomic E-state index is 12.0. The van der Waals surface area contributed by atoms with E-state index in [1.807, 2.05) is 19.1 Å². The Balaban J connectivity index is 1.96. The molecule has 0 aliphatic carbocycles. The number of hydrogen-bond acceptors (Lipinski definition) is 5. The van der Waals surface area contributed by atoms with Crippen molar-refractivity contribution in [1.29, 1.82) is 0 Å². The molecule has 1 aromatic rings. The molecule has 1 aliphatic rings. The van der Waals surface area contributed by atoms with E-state index in [1.54, 1.807) is 26.1 Å². The van der Waals surface area contributed by atoms with Crippen molar-refractivity contribution in [3.8, 4) is 5.75 Å². The summed E-state index contributed by atoms with van der Waals surface area (Å²) in [5.74, 6) is 1.39. The van der Waals surface area contributed by atoms with Crippen LogP contribution in [0.15, 0.2) is 23.2 Å². The average molecular weight is 448 g/mol.